The Balaban J connectivity index is 1.36. The summed E-state index contributed by atoms with van der Waals surface area (Å²) < 4.78 is 0. The van der Waals surface area contributed by atoms with Crippen LogP contribution in [0.15, 0.2) is 61.2 Å². The van der Waals surface area contributed by atoms with Crippen molar-refractivity contribution < 1.29 is 4.79 Å². The number of amides is 1. The Hall–Kier alpha value is -4.11. The van der Waals surface area contributed by atoms with Crippen molar-refractivity contribution in [2.24, 2.45) is 0 Å². The van der Waals surface area contributed by atoms with Crippen molar-refractivity contribution >= 4 is 34.1 Å². The number of hydrogen-bond acceptors (Lipinski definition) is 8. The molecule has 0 spiro atoms. The van der Waals surface area contributed by atoms with Crippen LogP contribution in [0.1, 0.15) is 10.4 Å². The molecule has 4 aromatic heterocycles. The molecule has 35 heavy (non-hydrogen) atoms. The van der Waals surface area contributed by atoms with E-state index < -0.39 is 0 Å². The van der Waals surface area contributed by atoms with E-state index in [1.807, 2.05) is 49.5 Å². The summed E-state index contributed by atoms with van der Waals surface area (Å²) in [6.07, 6.45) is 7.02. The zero-order valence-corrected chi connectivity index (χ0v) is 20.1. The number of rotatable bonds is 5. The highest BCUT2D eigenvalue weighted by Gasteiger charge is 2.17. The molecule has 9 heteroatoms. The molecular weight excluding hydrogens is 440 g/mol. The monoisotopic (exact) mass is 468 g/mol. The number of piperazine rings is 1. The third-order valence-corrected chi connectivity index (χ3v) is 6.19. The summed E-state index contributed by atoms with van der Waals surface area (Å²) in [5.74, 6) is 1.04. The highest BCUT2D eigenvalue weighted by Crippen LogP contribution is 2.24. The molecule has 0 aliphatic carbocycles. The topological polar surface area (TPSA) is 90.4 Å². The summed E-state index contributed by atoms with van der Waals surface area (Å²) in [6.45, 7) is 3.73. The molecule has 0 atom stereocenters. The van der Waals surface area contributed by atoms with E-state index >= 15 is 0 Å². The van der Waals surface area contributed by atoms with E-state index in [2.05, 4.69) is 37.1 Å². The van der Waals surface area contributed by atoms with Crippen LogP contribution >= 0.6 is 0 Å². The Labute approximate surface area is 204 Å². The van der Waals surface area contributed by atoms with Gasteiger partial charge in [-0.05, 0) is 37.4 Å². The second-order valence-electron chi connectivity index (χ2n) is 8.93. The summed E-state index contributed by atoms with van der Waals surface area (Å²) in [6, 6.07) is 11.3. The summed E-state index contributed by atoms with van der Waals surface area (Å²) in [5.41, 5.74) is 4.03. The van der Waals surface area contributed by atoms with Crippen molar-refractivity contribution in [2.45, 2.75) is 0 Å². The SMILES string of the molecule is CN1CCN(c2cc(C(=O)Nc3cc4nc(-c5cncc(N(C)C)c5)ccc4cn3)ccn2)CC1. The molecule has 4 aromatic rings. The lowest BCUT2D eigenvalue weighted by Crippen LogP contribution is -2.44. The van der Waals surface area contributed by atoms with Gasteiger partial charge in [0.25, 0.3) is 5.91 Å². The van der Waals surface area contributed by atoms with Crippen molar-refractivity contribution in [2.75, 3.05) is 62.4 Å². The Morgan fingerprint density at radius 2 is 1.80 bits per heavy atom. The number of fused-ring (bicyclic) bond motifs is 1. The number of carbonyl (C=O) groups is 1. The van der Waals surface area contributed by atoms with Gasteiger partial charge in [0.1, 0.15) is 11.6 Å². The van der Waals surface area contributed by atoms with Gasteiger partial charge in [-0.1, -0.05) is 0 Å². The van der Waals surface area contributed by atoms with E-state index in [1.165, 1.54) is 0 Å². The van der Waals surface area contributed by atoms with Crippen LogP contribution in [0.3, 0.4) is 0 Å². The molecule has 1 saturated heterocycles. The fraction of sp³-hybridized carbons (Fsp3) is 0.269. The van der Waals surface area contributed by atoms with Crippen LogP contribution in [0, 0.1) is 0 Å². The minimum atomic E-state index is -0.228. The van der Waals surface area contributed by atoms with Gasteiger partial charge in [-0.15, -0.1) is 0 Å². The van der Waals surface area contributed by atoms with Crippen molar-refractivity contribution in [1.82, 2.24) is 24.8 Å². The number of nitrogens with one attached hydrogen (secondary N) is 1. The van der Waals surface area contributed by atoms with E-state index in [0.717, 1.165) is 59.8 Å². The van der Waals surface area contributed by atoms with Crippen LogP contribution in [0.4, 0.5) is 17.3 Å². The van der Waals surface area contributed by atoms with Gasteiger partial charge in [-0.25, -0.2) is 15.0 Å². The second kappa shape index (κ2) is 9.63. The molecule has 1 N–H and O–H groups in total. The van der Waals surface area contributed by atoms with Crippen LogP contribution in [-0.4, -0.2) is 78.1 Å². The molecule has 5 heterocycles. The molecule has 1 aliphatic heterocycles. The first-order chi connectivity index (χ1) is 17.0. The van der Waals surface area contributed by atoms with Crippen LogP contribution in [0.2, 0.25) is 0 Å². The lowest BCUT2D eigenvalue weighted by Gasteiger charge is -2.33. The van der Waals surface area contributed by atoms with Gasteiger partial charge in [0.2, 0.25) is 0 Å². The zero-order chi connectivity index (χ0) is 24.4. The smallest absolute Gasteiger partial charge is 0.257 e. The molecule has 0 unspecified atom stereocenters. The molecule has 1 amide bonds. The first-order valence-electron chi connectivity index (χ1n) is 11.6. The van der Waals surface area contributed by atoms with Crippen LogP contribution in [-0.2, 0) is 0 Å². The average molecular weight is 469 g/mol. The molecule has 5 rings (SSSR count). The van der Waals surface area contributed by atoms with E-state index in [4.69, 9.17) is 4.98 Å². The lowest BCUT2D eigenvalue weighted by molar-refractivity contribution is 0.102. The minimum absolute atomic E-state index is 0.228. The van der Waals surface area contributed by atoms with Crippen molar-refractivity contribution in [3.05, 3.63) is 66.7 Å². The highest BCUT2D eigenvalue weighted by molar-refractivity contribution is 6.04. The average Bonchev–Trinajstić information content (AvgIpc) is 2.89. The van der Waals surface area contributed by atoms with E-state index in [-0.39, 0.29) is 5.91 Å². The molecule has 0 bridgehead atoms. The maximum Gasteiger partial charge on any atom is 0.257 e. The molecule has 0 radical (unpaired) electrons. The van der Waals surface area contributed by atoms with Gasteiger partial charge < -0.3 is 20.0 Å². The number of hydrogen-bond donors (Lipinski definition) is 1. The first kappa shape index (κ1) is 22.7. The molecule has 0 saturated carbocycles. The van der Waals surface area contributed by atoms with Gasteiger partial charge in [-0.3, -0.25) is 9.78 Å². The summed E-state index contributed by atoms with van der Waals surface area (Å²) in [7, 11) is 6.07. The van der Waals surface area contributed by atoms with E-state index in [0.29, 0.717) is 11.4 Å². The molecular formula is C26H28N8O. The fourth-order valence-electron chi connectivity index (χ4n) is 4.01. The number of nitrogens with zero attached hydrogens (tertiary/aromatic N) is 7. The number of carbonyl (C=O) groups excluding carboxylic acids is 1. The minimum Gasteiger partial charge on any atom is -0.376 e. The van der Waals surface area contributed by atoms with Gasteiger partial charge >= 0.3 is 0 Å². The van der Waals surface area contributed by atoms with Crippen LogP contribution in [0.5, 0.6) is 0 Å². The summed E-state index contributed by atoms with van der Waals surface area (Å²) >= 11 is 0. The normalized spacial score (nSPS) is 14.2. The van der Waals surface area contributed by atoms with Crippen LogP contribution < -0.4 is 15.1 Å². The second-order valence-corrected chi connectivity index (χ2v) is 8.93. The maximum atomic E-state index is 13.0. The Kier molecular flexibility index (Phi) is 6.24. The van der Waals surface area contributed by atoms with Crippen molar-refractivity contribution in [3.8, 4) is 11.3 Å². The standard InChI is InChI=1S/C26H28N8O/c1-32(2)21-12-20(15-27-17-21)22-5-4-19-16-29-24(14-23(19)30-22)31-26(35)18-6-7-28-25(13-18)34-10-8-33(3)9-11-34/h4-7,12-17H,8-11H2,1-3H3,(H,29,31,35). The third-order valence-electron chi connectivity index (χ3n) is 6.19. The molecule has 9 nitrogen and oxygen atoms in total. The van der Waals surface area contributed by atoms with E-state index in [9.17, 15) is 4.79 Å². The van der Waals surface area contributed by atoms with Crippen molar-refractivity contribution in [1.29, 1.82) is 0 Å². The number of likely N-dealkylation sites (N-methyl/N-ethyl adjacent to an activating group) is 1. The lowest BCUT2D eigenvalue weighted by atomic mass is 10.1. The highest BCUT2D eigenvalue weighted by atomic mass is 16.1. The Bertz CT molecular complexity index is 1360. The maximum absolute atomic E-state index is 13.0. The first-order valence-corrected chi connectivity index (χ1v) is 11.6. The molecule has 1 aliphatic rings. The molecule has 178 valence electrons. The predicted molar refractivity (Wildman–Crippen MR) is 139 cm³/mol. The van der Waals surface area contributed by atoms with E-state index in [1.54, 1.807) is 30.7 Å². The summed E-state index contributed by atoms with van der Waals surface area (Å²) in [5, 5.41) is 3.80. The number of pyridine rings is 4. The van der Waals surface area contributed by atoms with Gasteiger partial charge in [-0.2, -0.15) is 0 Å². The summed E-state index contributed by atoms with van der Waals surface area (Å²) in [4.78, 5) is 37.5. The zero-order valence-electron chi connectivity index (χ0n) is 20.1. The Morgan fingerprint density at radius 3 is 2.60 bits per heavy atom. The fourth-order valence-corrected chi connectivity index (χ4v) is 4.01. The number of anilines is 3. The Morgan fingerprint density at radius 1 is 0.971 bits per heavy atom. The van der Waals surface area contributed by atoms with Crippen LogP contribution in [0.25, 0.3) is 22.2 Å². The largest absolute Gasteiger partial charge is 0.376 e. The number of aromatic nitrogens is 4. The predicted octanol–water partition coefficient (Wildman–Crippen LogP) is 3.16. The van der Waals surface area contributed by atoms with Gasteiger partial charge in [0, 0.05) is 81.4 Å². The third kappa shape index (κ3) is 5.04. The van der Waals surface area contributed by atoms with Gasteiger partial charge in [0.05, 0.1) is 23.1 Å². The van der Waals surface area contributed by atoms with Gasteiger partial charge in [0.15, 0.2) is 0 Å². The van der Waals surface area contributed by atoms with Crippen molar-refractivity contribution in [3.63, 3.8) is 0 Å². The quantitative estimate of drug-likeness (QED) is 0.478. The molecule has 1 fully saturated rings. The molecule has 0 aromatic carbocycles.